The summed E-state index contributed by atoms with van der Waals surface area (Å²) in [5.41, 5.74) is 5.51. The van der Waals surface area contributed by atoms with Crippen LogP contribution in [-0.4, -0.2) is 26.0 Å². The van der Waals surface area contributed by atoms with E-state index in [4.69, 9.17) is 4.84 Å². The summed E-state index contributed by atoms with van der Waals surface area (Å²) in [5, 5.41) is 1.43. The van der Waals surface area contributed by atoms with Gasteiger partial charge in [0.15, 0.2) is 0 Å². The van der Waals surface area contributed by atoms with Crippen LogP contribution >= 0.6 is 24.8 Å². The molecule has 0 spiro atoms. The van der Waals surface area contributed by atoms with Crippen LogP contribution in [0, 0.1) is 0 Å². The summed E-state index contributed by atoms with van der Waals surface area (Å²) in [6, 6.07) is 0. The second-order valence-corrected chi connectivity index (χ2v) is 1.16. The van der Waals surface area contributed by atoms with Crippen LogP contribution in [0.3, 0.4) is 0 Å². The third kappa shape index (κ3) is 8.42. The maximum Gasteiger partial charge on any atom is 0.0688 e. The molecule has 10 heavy (non-hydrogen) atoms. The molecule has 0 unspecified atom stereocenters. The van der Waals surface area contributed by atoms with Gasteiger partial charge >= 0.3 is 0 Å². The van der Waals surface area contributed by atoms with Crippen molar-refractivity contribution in [2.45, 2.75) is 6.92 Å². The first-order valence-electron chi connectivity index (χ1n) is 2.63. The number of hydrazine groups is 2. The van der Waals surface area contributed by atoms with Crippen LogP contribution in [0.5, 0.6) is 0 Å². The lowest BCUT2D eigenvalue weighted by molar-refractivity contribution is -0.219. The molecule has 0 aliphatic rings. The third-order valence-corrected chi connectivity index (χ3v) is 0.664. The van der Waals surface area contributed by atoms with Gasteiger partial charge in [-0.15, -0.1) is 24.8 Å². The van der Waals surface area contributed by atoms with Gasteiger partial charge in [-0.1, -0.05) is 5.28 Å². The minimum absolute atomic E-state index is 0. The predicted molar refractivity (Wildman–Crippen MR) is 46.1 cm³/mol. The van der Waals surface area contributed by atoms with Gasteiger partial charge in [0.25, 0.3) is 0 Å². The molecule has 0 fully saturated rings. The Balaban J connectivity index is -0.000000245. The number of halogens is 2. The average molecular weight is 192 g/mol. The van der Waals surface area contributed by atoms with E-state index in [0.717, 1.165) is 0 Å². The average Bonchev–Trinajstić information content (AvgIpc) is 1.83. The number of rotatable bonds is 4. The Hall–Kier alpha value is 0.420. The third-order valence-electron chi connectivity index (χ3n) is 0.664. The van der Waals surface area contributed by atoms with Gasteiger partial charge in [-0.2, -0.15) is 0 Å². The van der Waals surface area contributed by atoms with Crippen LogP contribution in [0.25, 0.3) is 0 Å². The molecule has 6 heteroatoms. The van der Waals surface area contributed by atoms with E-state index < -0.39 is 0 Å². The first-order chi connectivity index (χ1) is 3.85. The van der Waals surface area contributed by atoms with Gasteiger partial charge in [-0.25, -0.2) is 10.9 Å². The smallest absolute Gasteiger partial charge is 0.0688 e. The van der Waals surface area contributed by atoms with Crippen LogP contribution in [0.1, 0.15) is 6.92 Å². The Morgan fingerprint density at radius 3 is 1.70 bits per heavy atom. The fourth-order valence-corrected chi connectivity index (χ4v) is 0.370. The van der Waals surface area contributed by atoms with E-state index in [1.807, 2.05) is 6.92 Å². The lowest BCUT2D eigenvalue weighted by atomic mass is 10.9. The molecular weight excluding hydrogens is 177 g/mol. The predicted octanol–water partition coefficient (Wildman–Crippen LogP) is 0.352. The van der Waals surface area contributed by atoms with E-state index in [1.165, 1.54) is 5.28 Å². The normalized spacial score (nSPS) is 8.40. The summed E-state index contributed by atoms with van der Waals surface area (Å²) >= 11 is 0. The van der Waals surface area contributed by atoms with Crippen LogP contribution in [0.4, 0.5) is 0 Å². The van der Waals surface area contributed by atoms with Crippen LogP contribution in [0.15, 0.2) is 0 Å². The van der Waals surface area contributed by atoms with Crippen molar-refractivity contribution in [1.82, 2.24) is 16.1 Å². The molecular formula is C4H15Cl2N3O. The molecule has 0 heterocycles. The fraction of sp³-hybridized carbons (Fsp3) is 1.00. The van der Waals surface area contributed by atoms with E-state index in [-0.39, 0.29) is 24.8 Å². The second-order valence-electron chi connectivity index (χ2n) is 1.16. The number of nitrogens with one attached hydrogen (secondary N) is 2. The van der Waals surface area contributed by atoms with Crippen molar-refractivity contribution < 1.29 is 4.84 Å². The molecule has 0 saturated heterocycles. The highest BCUT2D eigenvalue weighted by atomic mass is 35.5. The van der Waals surface area contributed by atoms with Crippen molar-refractivity contribution >= 4 is 24.8 Å². The van der Waals surface area contributed by atoms with Gasteiger partial charge in [0.2, 0.25) is 0 Å². The quantitative estimate of drug-likeness (QED) is 0.630. The molecule has 0 amide bonds. The molecule has 0 atom stereocenters. The van der Waals surface area contributed by atoms with Crippen LogP contribution < -0.4 is 10.9 Å². The molecule has 0 bridgehead atoms. The van der Waals surface area contributed by atoms with Gasteiger partial charge in [-0.05, 0) is 6.92 Å². The van der Waals surface area contributed by atoms with Gasteiger partial charge in [0.05, 0.1) is 6.61 Å². The lowest BCUT2D eigenvalue weighted by Gasteiger charge is -2.16. The summed E-state index contributed by atoms with van der Waals surface area (Å²) < 4.78 is 0. The van der Waals surface area contributed by atoms with Gasteiger partial charge in [0.1, 0.15) is 0 Å². The zero-order chi connectivity index (χ0) is 6.41. The maximum atomic E-state index is 4.95. The standard InChI is InChI=1S/C4H13N3O.2ClH/c1-4-8-7(5-2)6-3;;/h5-6H,4H2,1-3H3;2*1H. The summed E-state index contributed by atoms with van der Waals surface area (Å²) in [5.74, 6) is 0. The van der Waals surface area contributed by atoms with Crippen LogP contribution in [-0.2, 0) is 4.84 Å². The molecule has 0 saturated carbocycles. The first-order valence-corrected chi connectivity index (χ1v) is 2.63. The largest absolute Gasteiger partial charge is 0.270 e. The highest BCUT2D eigenvalue weighted by molar-refractivity contribution is 5.85. The minimum atomic E-state index is 0. The molecule has 66 valence electrons. The zero-order valence-electron chi connectivity index (χ0n) is 6.38. The first kappa shape index (κ1) is 16.8. The Morgan fingerprint density at radius 1 is 1.20 bits per heavy atom. The summed E-state index contributed by atoms with van der Waals surface area (Å²) in [6.45, 7) is 2.57. The Kier molecular flexibility index (Phi) is 20.4. The van der Waals surface area contributed by atoms with Crippen molar-refractivity contribution in [2.24, 2.45) is 0 Å². The number of hydrogen-bond donors (Lipinski definition) is 2. The zero-order valence-corrected chi connectivity index (χ0v) is 8.01. The van der Waals surface area contributed by atoms with Gasteiger partial charge in [0, 0.05) is 14.1 Å². The van der Waals surface area contributed by atoms with E-state index >= 15 is 0 Å². The van der Waals surface area contributed by atoms with Crippen molar-refractivity contribution in [3.8, 4) is 0 Å². The lowest BCUT2D eigenvalue weighted by Crippen LogP contribution is -2.43. The minimum Gasteiger partial charge on any atom is -0.270 e. The monoisotopic (exact) mass is 191 g/mol. The number of nitrogens with zero attached hydrogens (tertiary/aromatic N) is 1. The molecule has 0 aliphatic heterocycles. The van der Waals surface area contributed by atoms with E-state index in [2.05, 4.69) is 10.9 Å². The van der Waals surface area contributed by atoms with Gasteiger partial charge in [-0.3, -0.25) is 4.84 Å². The Morgan fingerprint density at radius 2 is 1.60 bits per heavy atom. The summed E-state index contributed by atoms with van der Waals surface area (Å²) in [6.07, 6.45) is 0. The SMILES string of the molecule is CCON(NC)NC.Cl.Cl. The van der Waals surface area contributed by atoms with Crippen molar-refractivity contribution in [1.29, 1.82) is 0 Å². The van der Waals surface area contributed by atoms with Gasteiger partial charge < -0.3 is 0 Å². The van der Waals surface area contributed by atoms with E-state index in [9.17, 15) is 0 Å². The Bertz CT molecular complexity index is 53.8. The topological polar surface area (TPSA) is 36.5 Å². The van der Waals surface area contributed by atoms with Crippen molar-refractivity contribution in [2.75, 3.05) is 20.7 Å². The Labute approximate surface area is 74.0 Å². The summed E-state index contributed by atoms with van der Waals surface area (Å²) in [4.78, 5) is 4.95. The maximum absolute atomic E-state index is 4.95. The van der Waals surface area contributed by atoms with Crippen molar-refractivity contribution in [3.63, 3.8) is 0 Å². The molecule has 0 aromatic rings. The molecule has 0 aliphatic carbocycles. The molecule has 0 aromatic heterocycles. The highest BCUT2D eigenvalue weighted by Gasteiger charge is 1.91. The highest BCUT2D eigenvalue weighted by Crippen LogP contribution is 1.72. The number of hydrogen-bond acceptors (Lipinski definition) is 4. The fourth-order valence-electron chi connectivity index (χ4n) is 0.370. The van der Waals surface area contributed by atoms with E-state index in [1.54, 1.807) is 14.1 Å². The molecule has 2 N–H and O–H groups in total. The van der Waals surface area contributed by atoms with Crippen molar-refractivity contribution in [3.05, 3.63) is 0 Å². The second kappa shape index (κ2) is 12.1. The molecule has 0 radical (unpaired) electrons. The van der Waals surface area contributed by atoms with E-state index in [0.29, 0.717) is 6.61 Å². The molecule has 0 aromatic carbocycles. The summed E-state index contributed by atoms with van der Waals surface area (Å²) in [7, 11) is 3.54. The molecule has 0 rings (SSSR count). The van der Waals surface area contributed by atoms with Crippen LogP contribution in [0.2, 0.25) is 0 Å². The molecule has 4 nitrogen and oxygen atoms in total.